The zero-order valence-electron chi connectivity index (χ0n) is 8.92. The van der Waals surface area contributed by atoms with Crippen molar-refractivity contribution in [2.24, 2.45) is 11.7 Å². The van der Waals surface area contributed by atoms with E-state index in [0.717, 1.165) is 30.2 Å². The van der Waals surface area contributed by atoms with Crippen LogP contribution in [0.5, 0.6) is 0 Å². The molecule has 1 heterocycles. The lowest BCUT2D eigenvalue weighted by atomic mass is 10.2. The van der Waals surface area contributed by atoms with E-state index in [1.54, 1.807) is 11.3 Å². The van der Waals surface area contributed by atoms with Crippen LogP contribution in [0.1, 0.15) is 24.5 Å². The maximum Gasteiger partial charge on any atom is 0.0941 e. The van der Waals surface area contributed by atoms with Crippen molar-refractivity contribution >= 4 is 11.3 Å². The molecule has 0 saturated heterocycles. The monoisotopic (exact) mass is 213 g/mol. The molecule has 3 nitrogen and oxygen atoms in total. The van der Waals surface area contributed by atoms with Gasteiger partial charge in [0.25, 0.3) is 0 Å². The van der Waals surface area contributed by atoms with Crippen molar-refractivity contribution in [3.63, 3.8) is 0 Å². The number of thiazole rings is 1. The van der Waals surface area contributed by atoms with Gasteiger partial charge < -0.3 is 11.1 Å². The van der Waals surface area contributed by atoms with E-state index in [2.05, 4.69) is 29.5 Å². The molecule has 1 aromatic heterocycles. The van der Waals surface area contributed by atoms with E-state index in [1.807, 2.05) is 0 Å². The molecule has 0 atom stereocenters. The number of nitrogens with zero attached hydrogens (tertiary/aromatic N) is 1. The molecule has 0 spiro atoms. The third-order valence-corrected chi connectivity index (χ3v) is 2.77. The Kier molecular flexibility index (Phi) is 5.07. The van der Waals surface area contributed by atoms with Crippen molar-refractivity contribution in [1.82, 2.24) is 10.3 Å². The molecule has 3 N–H and O–H groups in total. The summed E-state index contributed by atoms with van der Waals surface area (Å²) in [6.07, 6.45) is 0.898. The van der Waals surface area contributed by atoms with Crippen LogP contribution in [0.2, 0.25) is 0 Å². The number of rotatable bonds is 6. The van der Waals surface area contributed by atoms with E-state index in [9.17, 15) is 0 Å². The number of aromatic nitrogens is 1. The molecule has 1 rings (SSSR count). The van der Waals surface area contributed by atoms with Gasteiger partial charge in [-0.1, -0.05) is 13.8 Å². The molecule has 0 saturated carbocycles. The van der Waals surface area contributed by atoms with Gasteiger partial charge in [0.05, 0.1) is 10.7 Å². The van der Waals surface area contributed by atoms with Gasteiger partial charge in [0.2, 0.25) is 0 Å². The minimum atomic E-state index is 0.687. The Morgan fingerprint density at radius 2 is 2.36 bits per heavy atom. The first-order valence-corrected chi connectivity index (χ1v) is 5.94. The second-order valence-electron chi connectivity index (χ2n) is 3.80. The van der Waals surface area contributed by atoms with E-state index in [1.165, 1.54) is 0 Å². The second kappa shape index (κ2) is 6.11. The molecule has 0 aliphatic carbocycles. The molecule has 1 aromatic rings. The van der Waals surface area contributed by atoms with Crippen LogP contribution in [0.3, 0.4) is 0 Å². The first kappa shape index (κ1) is 11.6. The number of nitrogens with two attached hydrogens (primary N) is 1. The van der Waals surface area contributed by atoms with E-state index < -0.39 is 0 Å². The maximum absolute atomic E-state index is 5.46. The quantitative estimate of drug-likeness (QED) is 0.751. The topological polar surface area (TPSA) is 50.9 Å². The highest BCUT2D eigenvalue weighted by Crippen LogP contribution is 2.09. The van der Waals surface area contributed by atoms with Crippen molar-refractivity contribution < 1.29 is 0 Å². The van der Waals surface area contributed by atoms with Gasteiger partial charge in [-0.25, -0.2) is 4.98 Å². The lowest BCUT2D eigenvalue weighted by Gasteiger charge is -2.04. The fourth-order valence-electron chi connectivity index (χ4n) is 1.16. The van der Waals surface area contributed by atoms with Crippen LogP contribution < -0.4 is 11.1 Å². The summed E-state index contributed by atoms with van der Waals surface area (Å²) < 4.78 is 0. The van der Waals surface area contributed by atoms with E-state index in [4.69, 9.17) is 5.73 Å². The zero-order chi connectivity index (χ0) is 10.4. The molecular formula is C10H19N3S. The first-order chi connectivity index (χ1) is 6.72. The van der Waals surface area contributed by atoms with Crippen molar-refractivity contribution in [3.05, 3.63) is 16.1 Å². The van der Waals surface area contributed by atoms with Gasteiger partial charge in [-0.2, -0.15) is 0 Å². The lowest BCUT2D eigenvalue weighted by molar-refractivity contribution is 0.548. The lowest BCUT2D eigenvalue weighted by Crippen LogP contribution is -2.19. The number of nitrogens with one attached hydrogen (secondary N) is 1. The van der Waals surface area contributed by atoms with Crippen LogP contribution in [0.15, 0.2) is 5.38 Å². The minimum absolute atomic E-state index is 0.687. The van der Waals surface area contributed by atoms with Crippen LogP contribution in [0.4, 0.5) is 0 Å². The first-order valence-electron chi connectivity index (χ1n) is 5.06. The number of hydrogen-bond acceptors (Lipinski definition) is 4. The summed E-state index contributed by atoms with van der Waals surface area (Å²) in [6, 6.07) is 0. The minimum Gasteiger partial charge on any atom is -0.330 e. The van der Waals surface area contributed by atoms with Crippen molar-refractivity contribution in [1.29, 1.82) is 0 Å². The van der Waals surface area contributed by atoms with Gasteiger partial charge in [0, 0.05) is 18.3 Å². The maximum atomic E-state index is 5.46. The molecule has 80 valence electrons. The third kappa shape index (κ3) is 4.17. The molecule has 0 aromatic carbocycles. The molecule has 0 radical (unpaired) electrons. The molecular weight excluding hydrogens is 194 g/mol. The Bertz CT molecular complexity index is 258. The van der Waals surface area contributed by atoms with Crippen LogP contribution >= 0.6 is 11.3 Å². The molecule has 0 bridgehead atoms. The predicted octanol–water partition coefficient (Wildman–Crippen LogP) is 1.39. The second-order valence-corrected chi connectivity index (χ2v) is 4.74. The van der Waals surface area contributed by atoms with Crippen LogP contribution in [0.25, 0.3) is 0 Å². The largest absolute Gasteiger partial charge is 0.330 e. The average Bonchev–Trinajstić information content (AvgIpc) is 2.53. The molecule has 0 unspecified atom stereocenters. The smallest absolute Gasteiger partial charge is 0.0941 e. The Morgan fingerprint density at radius 1 is 1.57 bits per heavy atom. The zero-order valence-corrected chi connectivity index (χ0v) is 9.73. The highest BCUT2D eigenvalue weighted by molar-refractivity contribution is 7.09. The third-order valence-electron chi connectivity index (χ3n) is 1.82. The van der Waals surface area contributed by atoms with Crippen molar-refractivity contribution in [2.45, 2.75) is 26.8 Å². The van der Waals surface area contributed by atoms with Gasteiger partial charge in [0.15, 0.2) is 0 Å². The van der Waals surface area contributed by atoms with Crippen molar-refractivity contribution in [3.8, 4) is 0 Å². The van der Waals surface area contributed by atoms with Crippen LogP contribution in [-0.2, 0) is 13.0 Å². The Hall–Kier alpha value is -0.450. The number of hydrogen-bond donors (Lipinski definition) is 2. The highest BCUT2D eigenvalue weighted by Gasteiger charge is 2.01. The Labute approximate surface area is 89.7 Å². The Morgan fingerprint density at radius 3 is 3.00 bits per heavy atom. The van der Waals surface area contributed by atoms with E-state index in [-0.39, 0.29) is 0 Å². The molecule has 0 fully saturated rings. The Balaban J connectivity index is 2.28. The standard InChI is InChI=1S/C10H19N3S/c1-8(2)5-12-6-9-7-14-10(13-9)3-4-11/h7-8,12H,3-6,11H2,1-2H3. The highest BCUT2D eigenvalue weighted by atomic mass is 32.1. The van der Waals surface area contributed by atoms with Crippen LogP contribution in [0, 0.1) is 5.92 Å². The van der Waals surface area contributed by atoms with E-state index >= 15 is 0 Å². The predicted molar refractivity (Wildman–Crippen MR) is 61.4 cm³/mol. The summed E-state index contributed by atoms with van der Waals surface area (Å²) in [4.78, 5) is 4.47. The van der Waals surface area contributed by atoms with Crippen molar-refractivity contribution in [2.75, 3.05) is 13.1 Å². The fraction of sp³-hybridized carbons (Fsp3) is 0.700. The molecule has 14 heavy (non-hydrogen) atoms. The summed E-state index contributed by atoms with van der Waals surface area (Å²) in [5.41, 5.74) is 6.60. The summed E-state index contributed by atoms with van der Waals surface area (Å²) in [6.45, 7) is 7.01. The summed E-state index contributed by atoms with van der Waals surface area (Å²) >= 11 is 1.70. The van der Waals surface area contributed by atoms with E-state index in [0.29, 0.717) is 12.5 Å². The molecule has 0 amide bonds. The molecule has 0 aliphatic heterocycles. The summed E-state index contributed by atoms with van der Waals surface area (Å²) in [5.74, 6) is 0.692. The molecule has 4 heteroatoms. The normalized spacial score (nSPS) is 11.1. The summed E-state index contributed by atoms with van der Waals surface area (Å²) in [5, 5.41) is 6.63. The van der Waals surface area contributed by atoms with Crippen LogP contribution in [-0.4, -0.2) is 18.1 Å². The van der Waals surface area contributed by atoms with Gasteiger partial charge in [-0.05, 0) is 19.0 Å². The average molecular weight is 213 g/mol. The van der Waals surface area contributed by atoms with Gasteiger partial charge >= 0.3 is 0 Å². The van der Waals surface area contributed by atoms with Gasteiger partial charge in [-0.15, -0.1) is 11.3 Å². The summed E-state index contributed by atoms with van der Waals surface area (Å²) in [7, 11) is 0. The van der Waals surface area contributed by atoms with Gasteiger partial charge in [0.1, 0.15) is 0 Å². The SMILES string of the molecule is CC(C)CNCc1csc(CCN)n1. The van der Waals surface area contributed by atoms with Gasteiger partial charge in [-0.3, -0.25) is 0 Å². The molecule has 0 aliphatic rings. The fourth-order valence-corrected chi connectivity index (χ4v) is 1.97.